The van der Waals surface area contributed by atoms with Gasteiger partial charge in [-0.2, -0.15) is 0 Å². The lowest BCUT2D eigenvalue weighted by atomic mass is 10.6. The Morgan fingerprint density at radius 1 is 0.909 bits per heavy atom. The van der Waals surface area contributed by atoms with E-state index in [9.17, 15) is 0 Å². The average molecular weight is 158 g/mol. The molecule has 0 aliphatic heterocycles. The van der Waals surface area contributed by atoms with Gasteiger partial charge >= 0.3 is 0 Å². The largest absolute Gasteiger partial charge is 0.106 e. The van der Waals surface area contributed by atoms with Crippen LogP contribution in [0.1, 0.15) is 47.5 Å². The van der Waals surface area contributed by atoms with Gasteiger partial charge in [-0.1, -0.05) is 46.6 Å². The zero-order chi connectivity index (χ0) is 10.1. The Morgan fingerprint density at radius 3 is 0.909 bits per heavy atom. The fraction of sp³-hybridized carbons (Fsp3) is 0.636. The molecule has 0 nitrogen and oxygen atoms in total. The predicted octanol–water partition coefficient (Wildman–Crippen LogP) is 4.83. The van der Waals surface area contributed by atoms with Crippen LogP contribution in [0.4, 0.5) is 0 Å². The van der Waals surface area contributed by atoms with Gasteiger partial charge in [0.15, 0.2) is 0 Å². The molecule has 0 fully saturated rings. The van der Waals surface area contributed by atoms with Crippen LogP contribution in [0.2, 0.25) is 0 Å². The molecule has 0 rings (SSSR count). The second kappa shape index (κ2) is 111. The van der Waals surface area contributed by atoms with Crippen molar-refractivity contribution in [1.29, 1.82) is 0 Å². The van der Waals surface area contributed by atoms with Crippen LogP contribution < -0.4 is 0 Å². The highest BCUT2D eigenvalue weighted by Crippen LogP contribution is 1.56. The highest BCUT2D eigenvalue weighted by atomic mass is 13.4. The van der Waals surface area contributed by atoms with Crippen LogP contribution in [-0.2, 0) is 0 Å². The zero-order valence-corrected chi connectivity index (χ0v) is 9.11. The van der Waals surface area contributed by atoms with Gasteiger partial charge in [-0.3, -0.25) is 0 Å². The van der Waals surface area contributed by atoms with E-state index < -0.39 is 0 Å². The minimum Gasteiger partial charge on any atom is -0.106 e. The topological polar surface area (TPSA) is 0 Å². The van der Waals surface area contributed by atoms with Crippen LogP contribution in [0.15, 0.2) is 25.8 Å². The van der Waals surface area contributed by atoms with Crippen molar-refractivity contribution in [3.8, 4) is 0 Å². The van der Waals surface area contributed by atoms with Gasteiger partial charge in [0, 0.05) is 0 Å². The summed E-state index contributed by atoms with van der Waals surface area (Å²) in [6.45, 7) is 19.8. The molecule has 0 bridgehead atoms. The van der Waals surface area contributed by atoms with Gasteiger partial charge in [0.1, 0.15) is 0 Å². The SMILES string of the molecule is C=C.C=CC.CCC.CCC. The van der Waals surface area contributed by atoms with Crippen molar-refractivity contribution >= 4 is 0 Å². The number of hydrogen-bond acceptors (Lipinski definition) is 0. The smallest absolute Gasteiger partial charge is 0.0473 e. The van der Waals surface area contributed by atoms with Crippen molar-refractivity contribution in [1.82, 2.24) is 0 Å². The highest BCUT2D eigenvalue weighted by Gasteiger charge is 1.36. The third-order valence-electron chi connectivity index (χ3n) is 0. The standard InChI is InChI=1S/2C3H8.C3H6.C2H4/c3*1-3-2;1-2/h2*3H2,1-2H3;3H,1H2,2H3;1-2H2. The molecule has 0 amide bonds. The molecule has 0 aliphatic rings. The quantitative estimate of drug-likeness (QED) is 0.443. The number of allylic oxidation sites excluding steroid dienone is 1. The molecule has 0 N–H and O–H groups in total. The Kier molecular flexibility index (Phi) is 226. The molecule has 0 saturated carbocycles. The Bertz CT molecular complexity index is 27.0. The molecule has 0 heterocycles. The van der Waals surface area contributed by atoms with Crippen molar-refractivity contribution in [3.05, 3.63) is 25.8 Å². The van der Waals surface area contributed by atoms with Crippen LogP contribution in [0.3, 0.4) is 0 Å². The van der Waals surface area contributed by atoms with Crippen molar-refractivity contribution in [2.45, 2.75) is 47.5 Å². The summed E-state index contributed by atoms with van der Waals surface area (Å²) in [5.41, 5.74) is 0. The number of rotatable bonds is 0. The molecule has 11 heavy (non-hydrogen) atoms. The van der Waals surface area contributed by atoms with Crippen LogP contribution in [0.25, 0.3) is 0 Å². The first-order valence-electron chi connectivity index (χ1n) is 4.31. The summed E-state index contributed by atoms with van der Waals surface area (Å²) in [7, 11) is 0. The predicted molar refractivity (Wildman–Crippen MR) is 59.1 cm³/mol. The minimum atomic E-state index is 1.25. The van der Waals surface area contributed by atoms with Gasteiger partial charge in [-0.05, 0) is 6.92 Å². The first-order valence-corrected chi connectivity index (χ1v) is 4.31. The molecule has 0 spiro atoms. The van der Waals surface area contributed by atoms with Crippen LogP contribution in [0, 0.1) is 0 Å². The van der Waals surface area contributed by atoms with Crippen LogP contribution in [-0.4, -0.2) is 0 Å². The maximum atomic E-state index is 3.36. The van der Waals surface area contributed by atoms with Gasteiger partial charge in [0.05, 0.1) is 0 Å². The van der Waals surface area contributed by atoms with Gasteiger partial charge in [0.25, 0.3) is 0 Å². The van der Waals surface area contributed by atoms with E-state index in [0.717, 1.165) is 0 Å². The van der Waals surface area contributed by atoms with Gasteiger partial charge in [-0.15, -0.1) is 19.7 Å². The maximum absolute atomic E-state index is 3.36. The van der Waals surface area contributed by atoms with Gasteiger partial charge < -0.3 is 0 Å². The second-order valence-electron chi connectivity index (χ2n) is 1.82. The van der Waals surface area contributed by atoms with E-state index in [2.05, 4.69) is 47.4 Å². The van der Waals surface area contributed by atoms with E-state index in [-0.39, 0.29) is 0 Å². The molecular weight excluding hydrogens is 132 g/mol. The summed E-state index contributed by atoms with van der Waals surface area (Å²) in [6.07, 6.45) is 4.25. The molecule has 0 aromatic carbocycles. The highest BCUT2D eigenvalue weighted by molar-refractivity contribution is 4.51. The Labute approximate surface area is 74.0 Å². The third kappa shape index (κ3) is 1960. The summed E-state index contributed by atoms with van der Waals surface area (Å²) in [4.78, 5) is 0. The molecule has 0 aromatic heterocycles. The molecule has 0 saturated heterocycles. The first kappa shape index (κ1) is 22.4. The summed E-state index contributed by atoms with van der Waals surface area (Å²) in [5.74, 6) is 0. The van der Waals surface area contributed by atoms with Crippen molar-refractivity contribution in [2.75, 3.05) is 0 Å². The lowest BCUT2D eigenvalue weighted by molar-refractivity contribution is 1.09. The number of hydrogen-bond donors (Lipinski definition) is 0. The average Bonchev–Trinajstić information content (AvgIpc) is 1.96. The normalized spacial score (nSPS) is 4.82. The lowest BCUT2D eigenvalue weighted by Gasteiger charge is -1.48. The lowest BCUT2D eigenvalue weighted by Crippen LogP contribution is -1.27. The van der Waals surface area contributed by atoms with E-state index in [4.69, 9.17) is 0 Å². The van der Waals surface area contributed by atoms with E-state index in [0.29, 0.717) is 0 Å². The Morgan fingerprint density at radius 2 is 0.909 bits per heavy atom. The van der Waals surface area contributed by atoms with E-state index >= 15 is 0 Å². The van der Waals surface area contributed by atoms with Gasteiger partial charge in [0.2, 0.25) is 0 Å². The molecule has 0 unspecified atom stereocenters. The van der Waals surface area contributed by atoms with Crippen LogP contribution in [0.5, 0.6) is 0 Å². The summed E-state index contributed by atoms with van der Waals surface area (Å²) < 4.78 is 0. The fourth-order valence-electron chi connectivity index (χ4n) is 0. The summed E-state index contributed by atoms with van der Waals surface area (Å²) in [6, 6.07) is 0. The van der Waals surface area contributed by atoms with Crippen molar-refractivity contribution in [2.24, 2.45) is 0 Å². The molecule has 0 heteroatoms. The van der Waals surface area contributed by atoms with Crippen molar-refractivity contribution in [3.63, 3.8) is 0 Å². The molecule has 0 radical (unpaired) electrons. The van der Waals surface area contributed by atoms with Crippen molar-refractivity contribution < 1.29 is 0 Å². The third-order valence-corrected chi connectivity index (χ3v) is 0. The van der Waals surface area contributed by atoms with E-state index in [1.807, 2.05) is 6.92 Å². The molecule has 0 atom stereocenters. The molecule has 70 valence electrons. The van der Waals surface area contributed by atoms with E-state index in [1.165, 1.54) is 12.8 Å². The Hall–Kier alpha value is -0.520. The van der Waals surface area contributed by atoms with E-state index in [1.54, 1.807) is 6.08 Å². The van der Waals surface area contributed by atoms with Gasteiger partial charge in [-0.25, -0.2) is 0 Å². The minimum absolute atomic E-state index is 1.25. The summed E-state index contributed by atoms with van der Waals surface area (Å²) in [5, 5.41) is 0. The second-order valence-corrected chi connectivity index (χ2v) is 1.82. The molecular formula is C11H26. The van der Waals surface area contributed by atoms with Crippen LogP contribution >= 0.6 is 0 Å². The summed E-state index contributed by atoms with van der Waals surface area (Å²) >= 11 is 0. The fourth-order valence-corrected chi connectivity index (χ4v) is 0. The molecule has 0 aliphatic carbocycles. The first-order chi connectivity index (χ1) is 5.24. The molecule has 0 aromatic rings. The monoisotopic (exact) mass is 158 g/mol. The Balaban J connectivity index is -0.0000000301. The maximum Gasteiger partial charge on any atom is -0.0473 e. The zero-order valence-electron chi connectivity index (χ0n) is 9.11.